The Morgan fingerprint density at radius 2 is 2.31 bits per heavy atom. The average molecular weight is 358 g/mol. The van der Waals surface area contributed by atoms with Gasteiger partial charge in [0.05, 0.1) is 6.61 Å². The second-order valence-electron chi connectivity index (χ2n) is 8.52. The molecule has 26 heavy (non-hydrogen) atoms. The van der Waals surface area contributed by atoms with E-state index in [9.17, 15) is 9.50 Å². The number of aromatic nitrogens is 1. The molecule has 2 N–H and O–H groups in total. The molecule has 0 spiro atoms. The van der Waals surface area contributed by atoms with Gasteiger partial charge in [0, 0.05) is 54.9 Å². The van der Waals surface area contributed by atoms with Crippen LogP contribution in [0, 0.1) is 17.7 Å². The van der Waals surface area contributed by atoms with Crippen LogP contribution in [0.15, 0.2) is 18.2 Å². The van der Waals surface area contributed by atoms with Crippen LogP contribution < -0.4 is 0 Å². The number of nitrogens with one attached hydrogen (secondary N) is 1. The number of aromatic amines is 1. The van der Waals surface area contributed by atoms with Crippen molar-refractivity contribution in [3.63, 3.8) is 0 Å². The molecule has 4 nitrogen and oxygen atoms in total. The van der Waals surface area contributed by atoms with Gasteiger partial charge in [-0.05, 0) is 61.3 Å². The van der Waals surface area contributed by atoms with Crippen molar-refractivity contribution in [1.82, 2.24) is 9.88 Å². The predicted octanol–water partition coefficient (Wildman–Crippen LogP) is 2.84. The molecular formula is C21H27FN2O2. The van der Waals surface area contributed by atoms with Gasteiger partial charge in [0.25, 0.3) is 0 Å². The SMILES string of the molecule is COCCC1CC2CN3CCc4c([nH]c5ccc(F)cc45)C(CO)(C2)C13. The van der Waals surface area contributed by atoms with Crippen LogP contribution in [-0.2, 0) is 16.6 Å². The third-order valence-electron chi connectivity index (χ3n) is 7.18. The fourth-order valence-electron chi connectivity index (χ4n) is 6.38. The minimum atomic E-state index is -0.263. The molecule has 5 unspecified atom stereocenters. The van der Waals surface area contributed by atoms with Crippen molar-refractivity contribution in [2.24, 2.45) is 11.8 Å². The Kier molecular flexibility index (Phi) is 3.89. The Balaban J connectivity index is 1.68. The molecule has 1 saturated carbocycles. The summed E-state index contributed by atoms with van der Waals surface area (Å²) in [6.45, 7) is 3.04. The molecule has 3 aliphatic heterocycles. The zero-order valence-corrected chi connectivity index (χ0v) is 15.3. The van der Waals surface area contributed by atoms with Crippen molar-refractivity contribution in [1.29, 1.82) is 0 Å². The minimum Gasteiger partial charge on any atom is -0.395 e. The van der Waals surface area contributed by atoms with E-state index < -0.39 is 0 Å². The van der Waals surface area contributed by atoms with E-state index in [1.165, 1.54) is 23.7 Å². The number of piperidine rings is 2. The Hall–Kier alpha value is -1.43. The molecule has 2 aromatic rings. The molecule has 3 fully saturated rings. The molecule has 2 saturated heterocycles. The van der Waals surface area contributed by atoms with Crippen molar-refractivity contribution >= 4 is 10.9 Å². The molecule has 1 aromatic carbocycles. The van der Waals surface area contributed by atoms with Crippen molar-refractivity contribution in [3.8, 4) is 0 Å². The van der Waals surface area contributed by atoms with E-state index in [-0.39, 0.29) is 17.8 Å². The largest absolute Gasteiger partial charge is 0.395 e. The van der Waals surface area contributed by atoms with Gasteiger partial charge in [-0.2, -0.15) is 0 Å². The fraction of sp³-hybridized carbons (Fsp3) is 0.619. The number of hydrogen-bond donors (Lipinski definition) is 2. The van der Waals surface area contributed by atoms with Gasteiger partial charge in [0.2, 0.25) is 0 Å². The lowest BCUT2D eigenvalue weighted by molar-refractivity contribution is -0.0826. The monoisotopic (exact) mass is 358 g/mol. The third-order valence-corrected chi connectivity index (χ3v) is 7.18. The van der Waals surface area contributed by atoms with Crippen LogP contribution in [0.4, 0.5) is 4.39 Å². The van der Waals surface area contributed by atoms with Crippen molar-refractivity contribution in [3.05, 3.63) is 35.3 Å². The van der Waals surface area contributed by atoms with Crippen LogP contribution in [0.3, 0.4) is 0 Å². The van der Waals surface area contributed by atoms with E-state index >= 15 is 0 Å². The summed E-state index contributed by atoms with van der Waals surface area (Å²) in [5.74, 6) is 0.969. The molecule has 4 bridgehead atoms. The molecule has 5 heteroatoms. The first-order chi connectivity index (χ1) is 12.7. The normalized spacial score (nSPS) is 35.5. The standard InChI is InChI=1S/C21H27FN2O2/c1-26-7-5-14-8-13-10-21(12-25)19-16(4-6-24(11-13)20(14)21)17-9-15(22)2-3-18(17)23-19/h2-3,9,13-14,20,23,25H,4-8,10-12H2,1H3. The molecule has 0 radical (unpaired) electrons. The number of methoxy groups -OCH3 is 1. The number of H-pyrrole nitrogens is 1. The van der Waals surface area contributed by atoms with Crippen LogP contribution in [0.2, 0.25) is 0 Å². The lowest BCUT2D eigenvalue weighted by Crippen LogP contribution is -2.65. The van der Waals surface area contributed by atoms with Gasteiger partial charge in [-0.25, -0.2) is 4.39 Å². The maximum absolute atomic E-state index is 13.9. The number of nitrogens with zero attached hydrogens (tertiary/aromatic N) is 1. The number of fused-ring (bicyclic) bond motifs is 4. The second kappa shape index (κ2) is 6.04. The summed E-state index contributed by atoms with van der Waals surface area (Å²) in [6, 6.07) is 5.35. The maximum atomic E-state index is 13.9. The van der Waals surface area contributed by atoms with Gasteiger partial charge in [-0.15, -0.1) is 0 Å². The molecule has 4 heterocycles. The van der Waals surface area contributed by atoms with Gasteiger partial charge in [-0.1, -0.05) is 0 Å². The predicted molar refractivity (Wildman–Crippen MR) is 98.8 cm³/mol. The molecule has 140 valence electrons. The Bertz CT molecular complexity index is 835. The topological polar surface area (TPSA) is 48.5 Å². The first-order valence-electron chi connectivity index (χ1n) is 9.80. The first kappa shape index (κ1) is 16.7. The molecule has 6 rings (SSSR count). The van der Waals surface area contributed by atoms with E-state index in [0.717, 1.165) is 49.9 Å². The highest BCUT2D eigenvalue weighted by atomic mass is 19.1. The Morgan fingerprint density at radius 1 is 1.42 bits per heavy atom. The first-order valence-corrected chi connectivity index (χ1v) is 9.80. The lowest BCUT2D eigenvalue weighted by Gasteiger charge is -2.59. The smallest absolute Gasteiger partial charge is 0.123 e. The summed E-state index contributed by atoms with van der Waals surface area (Å²) in [7, 11) is 1.76. The summed E-state index contributed by atoms with van der Waals surface area (Å²) < 4.78 is 19.3. The van der Waals surface area contributed by atoms with E-state index in [4.69, 9.17) is 4.74 Å². The van der Waals surface area contributed by atoms with Crippen LogP contribution in [-0.4, -0.2) is 54.4 Å². The fourth-order valence-corrected chi connectivity index (χ4v) is 6.38. The van der Waals surface area contributed by atoms with E-state index in [0.29, 0.717) is 17.9 Å². The number of halogens is 1. The van der Waals surface area contributed by atoms with Gasteiger partial charge >= 0.3 is 0 Å². The highest BCUT2D eigenvalue weighted by molar-refractivity contribution is 5.85. The summed E-state index contributed by atoms with van der Waals surface area (Å²) in [4.78, 5) is 6.21. The molecule has 1 aliphatic carbocycles. The molecule has 0 amide bonds. The van der Waals surface area contributed by atoms with Crippen LogP contribution in [0.5, 0.6) is 0 Å². The number of ether oxygens (including phenoxy) is 1. The van der Waals surface area contributed by atoms with Gasteiger partial charge in [-0.3, -0.25) is 4.90 Å². The number of aliphatic hydroxyl groups excluding tert-OH is 1. The maximum Gasteiger partial charge on any atom is 0.123 e. The van der Waals surface area contributed by atoms with E-state index in [1.54, 1.807) is 13.2 Å². The zero-order valence-electron chi connectivity index (χ0n) is 15.3. The molecule has 4 aliphatic rings. The molecule has 1 aromatic heterocycles. The highest BCUT2D eigenvalue weighted by Crippen LogP contribution is 2.54. The van der Waals surface area contributed by atoms with Crippen LogP contribution in [0.1, 0.15) is 30.5 Å². The van der Waals surface area contributed by atoms with Crippen molar-refractivity contribution < 1.29 is 14.2 Å². The Morgan fingerprint density at radius 3 is 3.12 bits per heavy atom. The highest BCUT2D eigenvalue weighted by Gasteiger charge is 2.58. The van der Waals surface area contributed by atoms with Gasteiger partial charge < -0.3 is 14.8 Å². The van der Waals surface area contributed by atoms with Crippen LogP contribution in [0.25, 0.3) is 10.9 Å². The van der Waals surface area contributed by atoms with Crippen molar-refractivity contribution in [2.75, 3.05) is 33.4 Å². The molecule has 5 atom stereocenters. The van der Waals surface area contributed by atoms with E-state index in [2.05, 4.69) is 9.88 Å². The number of rotatable bonds is 4. The Labute approximate surface area is 153 Å². The third kappa shape index (κ3) is 2.23. The van der Waals surface area contributed by atoms with Gasteiger partial charge in [0.1, 0.15) is 5.82 Å². The summed E-state index contributed by atoms with van der Waals surface area (Å²) in [6.07, 6.45) is 4.22. The number of aliphatic hydroxyl groups is 1. The average Bonchev–Trinajstić information content (AvgIpc) is 2.98. The van der Waals surface area contributed by atoms with Gasteiger partial charge in [0.15, 0.2) is 0 Å². The second-order valence-corrected chi connectivity index (χ2v) is 8.52. The number of benzene rings is 1. The van der Waals surface area contributed by atoms with Crippen molar-refractivity contribution in [2.45, 2.75) is 37.1 Å². The molecular weight excluding hydrogens is 331 g/mol. The summed E-state index contributed by atoms with van der Waals surface area (Å²) in [5, 5.41) is 11.6. The number of hydrogen-bond acceptors (Lipinski definition) is 3. The quantitative estimate of drug-likeness (QED) is 0.884. The van der Waals surface area contributed by atoms with Crippen LogP contribution >= 0.6 is 0 Å². The summed E-state index contributed by atoms with van der Waals surface area (Å²) in [5.41, 5.74) is 3.11. The van der Waals surface area contributed by atoms with E-state index in [1.807, 2.05) is 6.07 Å². The lowest BCUT2D eigenvalue weighted by atomic mass is 9.56. The summed E-state index contributed by atoms with van der Waals surface area (Å²) >= 11 is 0. The zero-order chi connectivity index (χ0) is 17.9. The minimum absolute atomic E-state index is 0.149.